The summed E-state index contributed by atoms with van der Waals surface area (Å²) in [4.78, 5) is 28.0. The second-order valence-corrected chi connectivity index (χ2v) is 8.45. The van der Waals surface area contributed by atoms with Crippen LogP contribution >= 0.6 is 11.6 Å². The van der Waals surface area contributed by atoms with Crippen LogP contribution in [0.2, 0.25) is 5.02 Å². The molecular formula is C19H12ClF3N5O5S-. The highest BCUT2D eigenvalue weighted by molar-refractivity contribution is 7.79. The fraction of sp³-hybridized carbons (Fsp3) is 0.211. The predicted molar refractivity (Wildman–Crippen MR) is 111 cm³/mol. The topological polar surface area (TPSA) is 154 Å². The van der Waals surface area contributed by atoms with Gasteiger partial charge in [-0.25, -0.2) is 10.1 Å². The summed E-state index contributed by atoms with van der Waals surface area (Å²) >= 11 is 3.21. The number of alkyl halides is 3. The van der Waals surface area contributed by atoms with Crippen molar-refractivity contribution >= 4 is 22.7 Å². The number of benzene rings is 1. The molecular weight excluding hydrogens is 503 g/mol. The van der Waals surface area contributed by atoms with Crippen LogP contribution < -0.4 is 15.9 Å². The maximum Gasteiger partial charge on any atom is 0.437 e. The molecule has 0 bridgehead atoms. The van der Waals surface area contributed by atoms with Crippen molar-refractivity contribution in [2.45, 2.75) is 24.9 Å². The van der Waals surface area contributed by atoms with E-state index in [0.29, 0.717) is 6.33 Å². The molecule has 2 unspecified atom stereocenters. The van der Waals surface area contributed by atoms with E-state index in [1.807, 2.05) is 0 Å². The number of rotatable bonds is 6. The molecule has 2 heterocycles. The number of hydrogen-bond acceptors (Lipinski definition) is 8. The highest BCUT2D eigenvalue weighted by Gasteiger charge is 2.38. The first-order valence-corrected chi connectivity index (χ1v) is 10.6. The Hall–Kier alpha value is -3.54. The van der Waals surface area contributed by atoms with E-state index >= 15 is 0 Å². The van der Waals surface area contributed by atoms with Gasteiger partial charge >= 0.3 is 6.18 Å². The summed E-state index contributed by atoms with van der Waals surface area (Å²) in [7, 11) is 0. The zero-order valence-electron chi connectivity index (χ0n) is 16.9. The Balaban J connectivity index is 2.08. The van der Waals surface area contributed by atoms with Gasteiger partial charge in [0.1, 0.15) is 5.75 Å². The minimum absolute atomic E-state index is 0.0123. The minimum atomic E-state index is -5.05. The maximum absolute atomic E-state index is 13.5. The van der Waals surface area contributed by atoms with Crippen LogP contribution in [-0.4, -0.2) is 28.5 Å². The van der Waals surface area contributed by atoms with Gasteiger partial charge in [0.15, 0.2) is 5.69 Å². The molecule has 0 spiro atoms. The third-order valence-corrected chi connectivity index (χ3v) is 5.48. The molecule has 178 valence electrons. The van der Waals surface area contributed by atoms with Gasteiger partial charge in [-0.2, -0.15) is 23.5 Å². The second-order valence-electron chi connectivity index (χ2n) is 6.79. The first kappa shape index (κ1) is 25.1. The zero-order chi connectivity index (χ0) is 25.2. The summed E-state index contributed by atoms with van der Waals surface area (Å²) in [5.74, 6) is -1.48. The van der Waals surface area contributed by atoms with Crippen LogP contribution in [0.1, 0.15) is 34.7 Å². The van der Waals surface area contributed by atoms with Crippen LogP contribution in [0.4, 0.5) is 13.2 Å². The van der Waals surface area contributed by atoms with E-state index in [1.165, 1.54) is 13.0 Å². The molecule has 0 aliphatic heterocycles. The molecule has 0 amide bonds. The summed E-state index contributed by atoms with van der Waals surface area (Å²) < 4.78 is 68.8. The molecule has 0 aliphatic rings. The first-order valence-electron chi connectivity index (χ1n) is 9.12. The van der Waals surface area contributed by atoms with Gasteiger partial charge in [0.2, 0.25) is 5.75 Å². The van der Waals surface area contributed by atoms with Crippen molar-refractivity contribution in [3.05, 3.63) is 78.8 Å². The summed E-state index contributed by atoms with van der Waals surface area (Å²) in [5, 5.41) is 13.6. The Morgan fingerprint density at radius 1 is 1.32 bits per heavy atom. The quantitative estimate of drug-likeness (QED) is 0.492. The van der Waals surface area contributed by atoms with E-state index in [2.05, 4.69) is 15.2 Å². The van der Waals surface area contributed by atoms with Crippen LogP contribution in [0, 0.1) is 11.3 Å². The predicted octanol–water partition coefficient (Wildman–Crippen LogP) is 2.65. The first-order chi connectivity index (χ1) is 15.9. The summed E-state index contributed by atoms with van der Waals surface area (Å²) in [6.07, 6.45) is -4.44. The summed E-state index contributed by atoms with van der Waals surface area (Å²) in [6, 6.07) is 6.31. The average molecular weight is 515 g/mol. The lowest BCUT2D eigenvalue weighted by Crippen LogP contribution is -2.28. The molecule has 0 saturated heterocycles. The Labute approximate surface area is 195 Å². The van der Waals surface area contributed by atoms with Gasteiger partial charge in [-0.15, -0.1) is 0 Å². The van der Waals surface area contributed by atoms with Crippen LogP contribution in [-0.2, 0) is 23.8 Å². The van der Waals surface area contributed by atoms with Crippen molar-refractivity contribution in [3.63, 3.8) is 0 Å². The molecule has 15 heteroatoms. The van der Waals surface area contributed by atoms with Crippen molar-refractivity contribution in [3.8, 4) is 17.6 Å². The largest absolute Gasteiger partial charge is 0.772 e. The number of aromatic nitrogens is 4. The number of H-pyrrole nitrogens is 1. The highest BCUT2D eigenvalue weighted by Crippen LogP contribution is 2.35. The number of nitrogens with one attached hydrogen (secondary N) is 1. The van der Waals surface area contributed by atoms with Crippen LogP contribution in [0.15, 0.2) is 40.2 Å². The van der Waals surface area contributed by atoms with Gasteiger partial charge in [0.05, 0.1) is 30.2 Å². The molecule has 0 fully saturated rings. The Bertz CT molecular complexity index is 1430. The molecule has 3 aromatic rings. The van der Waals surface area contributed by atoms with Gasteiger partial charge in [-0.1, -0.05) is 11.6 Å². The highest BCUT2D eigenvalue weighted by atomic mass is 35.5. The maximum atomic E-state index is 13.5. The molecule has 2 atom stereocenters. The number of hydrogen-bond donors (Lipinski definition) is 1. The Kier molecular flexibility index (Phi) is 7.20. The lowest BCUT2D eigenvalue weighted by Gasteiger charge is -2.16. The van der Waals surface area contributed by atoms with E-state index in [-0.39, 0.29) is 27.6 Å². The molecule has 0 aliphatic carbocycles. The normalized spacial score (nSPS) is 13.2. The Morgan fingerprint density at radius 3 is 2.65 bits per heavy atom. The monoisotopic (exact) mass is 514 g/mol. The van der Waals surface area contributed by atoms with Gasteiger partial charge in [-0.3, -0.25) is 18.4 Å². The Morgan fingerprint density at radius 2 is 2.03 bits per heavy atom. The van der Waals surface area contributed by atoms with Crippen LogP contribution in [0.3, 0.4) is 0 Å². The standard InChI is InChI=1S/C19H13ClF3N5O5S/c1-9(34(31)32)14-5-12(26-27-17(14)29)7-28-8-25-16(19(21,22)23)15(18(28)30)33-13-3-10(6-24)2-11(20)4-13/h2-5,8-9H,7H2,1H3,(H,27,29)(H,31,32)/p-1. The van der Waals surface area contributed by atoms with Crippen molar-refractivity contribution in [2.24, 2.45) is 0 Å². The third-order valence-electron chi connectivity index (χ3n) is 4.43. The molecule has 1 N–H and O–H groups in total. The SMILES string of the molecule is CC(c1cc(Cn2cnc(C(F)(F)F)c(Oc3cc(Cl)cc(C#N)c3)c2=O)n[nH]c1=O)S(=O)[O-]. The second kappa shape index (κ2) is 9.75. The van der Waals surface area contributed by atoms with Crippen molar-refractivity contribution in [1.82, 2.24) is 19.7 Å². The van der Waals surface area contributed by atoms with E-state index in [0.717, 1.165) is 22.8 Å². The van der Waals surface area contributed by atoms with Gasteiger partial charge in [0, 0.05) is 15.8 Å². The average Bonchev–Trinajstić information content (AvgIpc) is 2.75. The number of nitriles is 1. The minimum Gasteiger partial charge on any atom is -0.772 e. The summed E-state index contributed by atoms with van der Waals surface area (Å²) in [5.41, 5.74) is -3.87. The number of aromatic amines is 1. The molecule has 3 rings (SSSR count). The van der Waals surface area contributed by atoms with Crippen LogP contribution in [0.25, 0.3) is 0 Å². The molecule has 10 nitrogen and oxygen atoms in total. The zero-order valence-corrected chi connectivity index (χ0v) is 18.5. The molecule has 1 aromatic carbocycles. The smallest absolute Gasteiger partial charge is 0.437 e. The van der Waals surface area contributed by atoms with E-state index in [1.54, 1.807) is 6.07 Å². The van der Waals surface area contributed by atoms with Gasteiger partial charge < -0.3 is 9.29 Å². The van der Waals surface area contributed by atoms with E-state index in [9.17, 15) is 31.5 Å². The fourth-order valence-corrected chi connectivity index (χ4v) is 3.41. The summed E-state index contributed by atoms with van der Waals surface area (Å²) in [6.45, 7) is 0.775. The molecule has 0 radical (unpaired) electrons. The van der Waals surface area contributed by atoms with E-state index in [4.69, 9.17) is 21.6 Å². The fourth-order valence-electron chi connectivity index (χ4n) is 2.81. The third kappa shape index (κ3) is 5.50. The van der Waals surface area contributed by atoms with Crippen molar-refractivity contribution in [1.29, 1.82) is 5.26 Å². The molecule has 0 saturated carbocycles. The molecule has 2 aromatic heterocycles. The number of nitrogens with zero attached hydrogens (tertiary/aromatic N) is 4. The molecule has 34 heavy (non-hydrogen) atoms. The lowest BCUT2D eigenvalue weighted by molar-refractivity contribution is -0.142. The van der Waals surface area contributed by atoms with Gasteiger partial charge in [0.25, 0.3) is 11.1 Å². The van der Waals surface area contributed by atoms with Crippen LogP contribution in [0.5, 0.6) is 11.5 Å². The lowest BCUT2D eigenvalue weighted by atomic mass is 10.2. The van der Waals surface area contributed by atoms with E-state index < -0.39 is 51.6 Å². The van der Waals surface area contributed by atoms with Gasteiger partial charge in [-0.05, 0) is 42.3 Å². The van der Waals surface area contributed by atoms with Crippen molar-refractivity contribution < 1.29 is 26.7 Å². The number of halogens is 4. The van der Waals surface area contributed by atoms with Crippen molar-refractivity contribution in [2.75, 3.05) is 0 Å². The number of ether oxygens (including phenoxy) is 1.